The van der Waals surface area contributed by atoms with Crippen LogP contribution in [-0.4, -0.2) is 26.7 Å². The van der Waals surface area contributed by atoms with Crippen LogP contribution in [0, 0.1) is 0 Å². The molecule has 1 aromatic rings. The molecule has 17 heavy (non-hydrogen) atoms. The van der Waals surface area contributed by atoms with E-state index in [9.17, 15) is 0 Å². The molecule has 2 N–H and O–H groups in total. The fourth-order valence-corrected chi connectivity index (χ4v) is 1.58. The molecule has 0 aliphatic rings. The van der Waals surface area contributed by atoms with E-state index in [1.165, 1.54) is 18.4 Å². The molecule has 0 aliphatic heterocycles. The summed E-state index contributed by atoms with van der Waals surface area (Å²) in [5, 5.41) is 6.82. The van der Waals surface area contributed by atoms with Gasteiger partial charge >= 0.3 is 0 Å². The molecule has 3 heteroatoms. The van der Waals surface area contributed by atoms with Crippen LogP contribution in [-0.2, 0) is 6.54 Å². The SMILES string of the molecule is CCCCNCCNCc1ccc(OC)cc1. The molecule has 0 heterocycles. The lowest BCUT2D eigenvalue weighted by atomic mass is 10.2. The van der Waals surface area contributed by atoms with Crippen molar-refractivity contribution in [1.29, 1.82) is 0 Å². The molecule has 0 bridgehead atoms. The Hall–Kier alpha value is -1.06. The van der Waals surface area contributed by atoms with Crippen molar-refractivity contribution in [2.24, 2.45) is 0 Å². The molecule has 0 saturated heterocycles. The Kier molecular flexibility index (Phi) is 7.43. The molecule has 96 valence electrons. The quantitative estimate of drug-likeness (QED) is 0.645. The van der Waals surface area contributed by atoms with Crippen molar-refractivity contribution in [2.75, 3.05) is 26.7 Å². The van der Waals surface area contributed by atoms with Crippen LogP contribution in [0.15, 0.2) is 24.3 Å². The minimum Gasteiger partial charge on any atom is -0.497 e. The summed E-state index contributed by atoms with van der Waals surface area (Å²) in [4.78, 5) is 0. The van der Waals surface area contributed by atoms with E-state index in [4.69, 9.17) is 4.74 Å². The lowest BCUT2D eigenvalue weighted by Crippen LogP contribution is -2.27. The maximum atomic E-state index is 5.12. The van der Waals surface area contributed by atoms with Gasteiger partial charge in [0.1, 0.15) is 5.75 Å². The van der Waals surface area contributed by atoms with Gasteiger partial charge < -0.3 is 15.4 Å². The molecule has 0 atom stereocenters. The van der Waals surface area contributed by atoms with Crippen molar-refractivity contribution in [2.45, 2.75) is 26.3 Å². The zero-order chi connectivity index (χ0) is 12.3. The van der Waals surface area contributed by atoms with Crippen LogP contribution in [0.4, 0.5) is 0 Å². The van der Waals surface area contributed by atoms with Crippen molar-refractivity contribution < 1.29 is 4.74 Å². The van der Waals surface area contributed by atoms with Crippen LogP contribution < -0.4 is 15.4 Å². The predicted molar refractivity (Wildman–Crippen MR) is 72.5 cm³/mol. The van der Waals surface area contributed by atoms with Gasteiger partial charge in [0.15, 0.2) is 0 Å². The third-order valence-corrected chi connectivity index (χ3v) is 2.67. The Labute approximate surface area is 105 Å². The molecule has 0 fully saturated rings. The monoisotopic (exact) mass is 236 g/mol. The standard InChI is InChI=1S/C14H24N2O/c1-3-4-9-15-10-11-16-12-13-5-7-14(17-2)8-6-13/h5-8,15-16H,3-4,9-12H2,1-2H3. The highest BCUT2D eigenvalue weighted by molar-refractivity contribution is 5.26. The van der Waals surface area contributed by atoms with Gasteiger partial charge in [0.05, 0.1) is 7.11 Å². The maximum Gasteiger partial charge on any atom is 0.118 e. The minimum atomic E-state index is 0.912. The number of nitrogens with one attached hydrogen (secondary N) is 2. The fraction of sp³-hybridized carbons (Fsp3) is 0.571. The lowest BCUT2D eigenvalue weighted by Gasteiger charge is -2.07. The molecule has 0 spiro atoms. The van der Waals surface area contributed by atoms with Gasteiger partial charge in [-0.15, -0.1) is 0 Å². The van der Waals surface area contributed by atoms with Gasteiger partial charge in [-0.25, -0.2) is 0 Å². The van der Waals surface area contributed by atoms with Gasteiger partial charge in [0.2, 0.25) is 0 Å². The van der Waals surface area contributed by atoms with Gasteiger partial charge in [0, 0.05) is 19.6 Å². The predicted octanol–water partition coefficient (Wildman–Crippen LogP) is 2.17. The Morgan fingerprint density at radius 3 is 2.35 bits per heavy atom. The van der Waals surface area contributed by atoms with E-state index in [1.807, 2.05) is 12.1 Å². The first kappa shape index (κ1) is 14.0. The largest absolute Gasteiger partial charge is 0.497 e. The number of hydrogen-bond donors (Lipinski definition) is 2. The molecular formula is C14H24N2O. The van der Waals surface area contributed by atoms with Gasteiger partial charge in [-0.2, -0.15) is 0 Å². The average molecular weight is 236 g/mol. The van der Waals surface area contributed by atoms with Crippen molar-refractivity contribution >= 4 is 0 Å². The topological polar surface area (TPSA) is 33.3 Å². The van der Waals surface area contributed by atoms with Crippen LogP contribution in [0.25, 0.3) is 0 Å². The number of methoxy groups -OCH3 is 1. The molecule has 0 aromatic heterocycles. The molecule has 0 saturated carbocycles. The molecule has 0 unspecified atom stereocenters. The van der Waals surface area contributed by atoms with Crippen LogP contribution in [0.2, 0.25) is 0 Å². The summed E-state index contributed by atoms with van der Waals surface area (Å²) >= 11 is 0. The van der Waals surface area contributed by atoms with Gasteiger partial charge in [0.25, 0.3) is 0 Å². The summed E-state index contributed by atoms with van der Waals surface area (Å²) in [7, 11) is 1.69. The first-order valence-electron chi connectivity index (χ1n) is 6.41. The zero-order valence-corrected chi connectivity index (χ0v) is 11.0. The maximum absolute atomic E-state index is 5.12. The molecule has 0 radical (unpaired) electrons. The van der Waals surface area contributed by atoms with E-state index in [1.54, 1.807) is 7.11 Å². The van der Waals surface area contributed by atoms with E-state index >= 15 is 0 Å². The minimum absolute atomic E-state index is 0.912. The van der Waals surface area contributed by atoms with E-state index in [2.05, 4.69) is 29.7 Å². The van der Waals surface area contributed by atoms with Crippen molar-refractivity contribution in [3.05, 3.63) is 29.8 Å². The fourth-order valence-electron chi connectivity index (χ4n) is 1.58. The molecule has 1 aromatic carbocycles. The molecule has 0 aliphatic carbocycles. The third-order valence-electron chi connectivity index (χ3n) is 2.67. The smallest absolute Gasteiger partial charge is 0.118 e. The highest BCUT2D eigenvalue weighted by Gasteiger charge is 1.94. The normalized spacial score (nSPS) is 10.5. The van der Waals surface area contributed by atoms with Gasteiger partial charge in [-0.3, -0.25) is 0 Å². The zero-order valence-electron chi connectivity index (χ0n) is 11.0. The van der Waals surface area contributed by atoms with E-state index < -0.39 is 0 Å². The van der Waals surface area contributed by atoms with Crippen LogP contribution in [0.5, 0.6) is 5.75 Å². The van der Waals surface area contributed by atoms with E-state index in [0.717, 1.165) is 31.9 Å². The summed E-state index contributed by atoms with van der Waals surface area (Å²) in [5.41, 5.74) is 1.29. The number of unbranched alkanes of at least 4 members (excludes halogenated alkanes) is 1. The van der Waals surface area contributed by atoms with Crippen molar-refractivity contribution in [1.82, 2.24) is 10.6 Å². The summed E-state index contributed by atoms with van der Waals surface area (Å²) < 4.78 is 5.12. The second-order valence-corrected chi connectivity index (χ2v) is 4.13. The summed E-state index contributed by atoms with van der Waals surface area (Å²) in [6.07, 6.45) is 2.52. The molecule has 1 rings (SSSR count). The van der Waals surface area contributed by atoms with E-state index in [0.29, 0.717) is 0 Å². The Morgan fingerprint density at radius 2 is 1.71 bits per heavy atom. The summed E-state index contributed by atoms with van der Waals surface area (Å²) in [6, 6.07) is 8.18. The highest BCUT2D eigenvalue weighted by Crippen LogP contribution is 2.10. The summed E-state index contributed by atoms with van der Waals surface area (Å²) in [5.74, 6) is 0.912. The third kappa shape index (κ3) is 6.29. The number of benzene rings is 1. The van der Waals surface area contributed by atoms with Crippen molar-refractivity contribution in [3.63, 3.8) is 0 Å². The number of ether oxygens (including phenoxy) is 1. The summed E-state index contributed by atoms with van der Waals surface area (Å²) in [6.45, 7) is 6.30. The molecule has 0 amide bonds. The van der Waals surface area contributed by atoms with Crippen LogP contribution >= 0.6 is 0 Å². The van der Waals surface area contributed by atoms with Crippen LogP contribution in [0.1, 0.15) is 25.3 Å². The highest BCUT2D eigenvalue weighted by atomic mass is 16.5. The Bertz CT molecular complexity index is 285. The Morgan fingerprint density at radius 1 is 1.00 bits per heavy atom. The number of rotatable bonds is 9. The lowest BCUT2D eigenvalue weighted by molar-refractivity contribution is 0.414. The average Bonchev–Trinajstić information content (AvgIpc) is 2.38. The Balaban J connectivity index is 2.05. The van der Waals surface area contributed by atoms with E-state index in [-0.39, 0.29) is 0 Å². The van der Waals surface area contributed by atoms with Crippen LogP contribution in [0.3, 0.4) is 0 Å². The van der Waals surface area contributed by atoms with Crippen molar-refractivity contribution in [3.8, 4) is 5.75 Å². The number of hydrogen-bond acceptors (Lipinski definition) is 3. The first-order chi connectivity index (χ1) is 8.36. The second-order valence-electron chi connectivity index (χ2n) is 4.13. The first-order valence-corrected chi connectivity index (χ1v) is 6.41. The van der Waals surface area contributed by atoms with Gasteiger partial charge in [-0.05, 0) is 30.7 Å². The van der Waals surface area contributed by atoms with Gasteiger partial charge in [-0.1, -0.05) is 25.5 Å². The molecule has 3 nitrogen and oxygen atoms in total. The molecular weight excluding hydrogens is 212 g/mol. The second kappa shape index (κ2) is 9.02.